The van der Waals surface area contributed by atoms with Crippen LogP contribution in [0.4, 0.5) is 26.3 Å². The van der Waals surface area contributed by atoms with Gasteiger partial charge in [-0.1, -0.05) is 6.07 Å². The highest BCUT2D eigenvalue weighted by Gasteiger charge is 2.78. The van der Waals surface area contributed by atoms with Crippen LogP contribution < -0.4 is 14.8 Å². The van der Waals surface area contributed by atoms with E-state index in [1.165, 1.54) is 21.0 Å². The zero-order valence-electron chi connectivity index (χ0n) is 19.5. The fourth-order valence-electron chi connectivity index (χ4n) is 4.20. The fourth-order valence-corrected chi connectivity index (χ4v) is 4.20. The topological polar surface area (TPSA) is 124 Å². The molecule has 1 aromatic carbocycles. The van der Waals surface area contributed by atoms with Crippen LogP contribution >= 0.6 is 0 Å². The van der Waals surface area contributed by atoms with Crippen molar-refractivity contribution in [3.8, 4) is 11.5 Å². The molecule has 0 amide bonds. The lowest BCUT2D eigenvalue weighted by atomic mass is 9.64. The average Bonchev–Trinajstić information content (AvgIpc) is 2.76. The molecule has 0 radical (unpaired) electrons. The molecule has 1 aromatic rings. The first-order valence-corrected chi connectivity index (χ1v) is 10.5. The Morgan fingerprint density at radius 3 is 1.61 bits per heavy atom. The Kier molecular flexibility index (Phi) is 8.43. The van der Waals surface area contributed by atoms with Crippen molar-refractivity contribution in [2.45, 2.75) is 43.6 Å². The standard InChI is InChI=1S/C21H25F6NO8/c1-5-35-16(29)14-13(10-7-8-11(33-3)12(9-10)34-4)15(17(30)36-6-2)19(32,21(25,26)27)28-18(14,31)20(22,23)24/h7-9,13-15,28,31-32H,5-6H2,1-4H3/t13?,14-,15+,18-,19-/m1/s1. The number of hydrogen-bond donors (Lipinski definition) is 3. The smallest absolute Gasteiger partial charge is 0.432 e. The van der Waals surface area contributed by atoms with E-state index in [1.54, 1.807) is 0 Å². The van der Waals surface area contributed by atoms with Crippen molar-refractivity contribution in [1.29, 1.82) is 0 Å². The summed E-state index contributed by atoms with van der Waals surface area (Å²) in [4.78, 5) is 25.6. The average molecular weight is 533 g/mol. The number of carbonyl (C=O) groups excluding carboxylic acids is 2. The van der Waals surface area contributed by atoms with E-state index in [4.69, 9.17) is 9.47 Å². The van der Waals surface area contributed by atoms with Gasteiger partial charge in [0.15, 0.2) is 11.5 Å². The summed E-state index contributed by atoms with van der Waals surface area (Å²) in [6, 6.07) is 2.98. The SMILES string of the molecule is CCOC(=O)[C@@H]1C(c2ccc(OC)c(OC)c2)[C@H](C(=O)OCC)[C@@](O)(C(F)(F)F)N[C@]1(O)C(F)(F)F. The Labute approximate surface area is 201 Å². The largest absolute Gasteiger partial charge is 0.493 e. The number of ether oxygens (including phenoxy) is 4. The van der Waals surface area contributed by atoms with E-state index in [0.717, 1.165) is 30.6 Å². The number of piperidine rings is 1. The van der Waals surface area contributed by atoms with Crippen LogP contribution in [-0.2, 0) is 19.1 Å². The molecule has 2 rings (SSSR count). The molecular weight excluding hydrogens is 508 g/mol. The molecule has 3 N–H and O–H groups in total. The fraction of sp³-hybridized carbons (Fsp3) is 0.619. The van der Waals surface area contributed by atoms with Crippen LogP contribution in [0.5, 0.6) is 11.5 Å². The zero-order valence-corrected chi connectivity index (χ0v) is 19.5. The van der Waals surface area contributed by atoms with Gasteiger partial charge < -0.3 is 29.2 Å². The van der Waals surface area contributed by atoms with Gasteiger partial charge in [-0.2, -0.15) is 26.3 Å². The molecule has 9 nitrogen and oxygen atoms in total. The lowest BCUT2D eigenvalue weighted by molar-refractivity contribution is -0.376. The molecule has 0 saturated carbocycles. The minimum Gasteiger partial charge on any atom is -0.493 e. The predicted octanol–water partition coefficient (Wildman–Crippen LogP) is 2.25. The van der Waals surface area contributed by atoms with Gasteiger partial charge in [0.2, 0.25) is 11.4 Å². The Morgan fingerprint density at radius 1 is 0.861 bits per heavy atom. The number of hydrogen-bond acceptors (Lipinski definition) is 9. The second-order valence-corrected chi connectivity index (χ2v) is 7.75. The van der Waals surface area contributed by atoms with E-state index in [2.05, 4.69) is 9.47 Å². The predicted molar refractivity (Wildman–Crippen MR) is 108 cm³/mol. The zero-order chi connectivity index (χ0) is 27.7. The summed E-state index contributed by atoms with van der Waals surface area (Å²) in [5, 5.41) is 22.0. The van der Waals surface area contributed by atoms with Crippen LogP contribution in [-0.4, -0.2) is 73.4 Å². The van der Waals surface area contributed by atoms with Gasteiger partial charge in [-0.3, -0.25) is 9.59 Å². The van der Waals surface area contributed by atoms with E-state index >= 15 is 0 Å². The number of esters is 2. The lowest BCUT2D eigenvalue weighted by Gasteiger charge is -2.54. The maximum atomic E-state index is 14.2. The molecule has 1 heterocycles. The molecule has 204 valence electrons. The Balaban J connectivity index is 3.03. The van der Waals surface area contributed by atoms with Crippen LogP contribution in [0.3, 0.4) is 0 Å². The first-order chi connectivity index (χ1) is 16.5. The van der Waals surface area contributed by atoms with Gasteiger partial charge in [-0.05, 0) is 31.5 Å². The van der Waals surface area contributed by atoms with Gasteiger partial charge in [0.25, 0.3) is 0 Å². The summed E-state index contributed by atoms with van der Waals surface area (Å²) in [5.41, 5.74) is -9.93. The van der Waals surface area contributed by atoms with Crippen molar-refractivity contribution in [2.24, 2.45) is 11.8 Å². The van der Waals surface area contributed by atoms with Crippen molar-refractivity contribution in [1.82, 2.24) is 5.32 Å². The number of methoxy groups -OCH3 is 2. The highest BCUT2D eigenvalue weighted by Crippen LogP contribution is 2.56. The quantitative estimate of drug-likeness (QED) is 0.358. The number of nitrogens with one attached hydrogen (secondary N) is 1. The lowest BCUT2D eigenvalue weighted by Crippen LogP contribution is -2.81. The summed E-state index contributed by atoms with van der Waals surface area (Å²) in [7, 11) is 2.32. The van der Waals surface area contributed by atoms with Gasteiger partial charge in [0.05, 0.1) is 27.4 Å². The number of alkyl halides is 6. The third kappa shape index (κ3) is 4.91. The van der Waals surface area contributed by atoms with Gasteiger partial charge >= 0.3 is 24.3 Å². The minimum atomic E-state index is -5.97. The summed E-state index contributed by atoms with van der Waals surface area (Å²) < 4.78 is 104. The van der Waals surface area contributed by atoms with Crippen LogP contribution in [0, 0.1) is 11.8 Å². The molecule has 1 unspecified atom stereocenters. The van der Waals surface area contributed by atoms with E-state index in [9.17, 15) is 46.1 Å². The summed E-state index contributed by atoms with van der Waals surface area (Å²) in [6.07, 6.45) is -11.9. The third-order valence-corrected chi connectivity index (χ3v) is 5.74. The van der Waals surface area contributed by atoms with E-state index in [0.29, 0.717) is 0 Å². The highest BCUT2D eigenvalue weighted by atomic mass is 19.4. The van der Waals surface area contributed by atoms with Crippen molar-refractivity contribution >= 4 is 11.9 Å². The van der Waals surface area contributed by atoms with Gasteiger partial charge in [-0.15, -0.1) is 0 Å². The van der Waals surface area contributed by atoms with E-state index in [-0.39, 0.29) is 11.5 Å². The number of halogens is 6. The van der Waals surface area contributed by atoms with Crippen LogP contribution in [0.1, 0.15) is 25.3 Å². The summed E-state index contributed by atoms with van der Waals surface area (Å²) in [5.74, 6) is -12.1. The van der Waals surface area contributed by atoms with Gasteiger partial charge in [0, 0.05) is 5.92 Å². The number of rotatable bonds is 7. The minimum absolute atomic E-state index is 0.00715. The molecule has 1 aliphatic rings. The van der Waals surface area contributed by atoms with E-state index < -0.39 is 72.3 Å². The van der Waals surface area contributed by atoms with Crippen LogP contribution in [0.2, 0.25) is 0 Å². The molecule has 1 fully saturated rings. The first kappa shape index (κ1) is 29.5. The van der Waals surface area contributed by atoms with Crippen molar-refractivity contribution in [3.05, 3.63) is 23.8 Å². The Morgan fingerprint density at radius 2 is 1.28 bits per heavy atom. The molecule has 36 heavy (non-hydrogen) atoms. The first-order valence-electron chi connectivity index (χ1n) is 10.5. The maximum absolute atomic E-state index is 14.2. The molecular formula is C21H25F6NO8. The number of aliphatic hydroxyl groups is 2. The van der Waals surface area contributed by atoms with E-state index in [1.807, 2.05) is 0 Å². The van der Waals surface area contributed by atoms with Crippen molar-refractivity contribution in [2.75, 3.05) is 27.4 Å². The normalized spacial score (nSPS) is 28.8. The second kappa shape index (κ2) is 10.3. The monoisotopic (exact) mass is 533 g/mol. The molecule has 0 bridgehead atoms. The molecule has 0 aliphatic carbocycles. The van der Waals surface area contributed by atoms with Crippen LogP contribution in [0.15, 0.2) is 18.2 Å². The molecule has 15 heteroatoms. The summed E-state index contributed by atoms with van der Waals surface area (Å²) >= 11 is 0. The Bertz CT molecular complexity index is 923. The second-order valence-electron chi connectivity index (χ2n) is 7.75. The van der Waals surface area contributed by atoms with Gasteiger partial charge in [0.1, 0.15) is 11.8 Å². The molecule has 0 spiro atoms. The van der Waals surface area contributed by atoms with Crippen molar-refractivity contribution < 1.29 is 65.1 Å². The molecule has 1 aliphatic heterocycles. The number of carbonyl (C=O) groups is 2. The molecule has 0 aromatic heterocycles. The summed E-state index contributed by atoms with van der Waals surface area (Å²) in [6.45, 7) is 1.38. The maximum Gasteiger partial charge on any atom is 0.432 e. The molecule has 1 saturated heterocycles. The third-order valence-electron chi connectivity index (χ3n) is 5.74. The van der Waals surface area contributed by atoms with Gasteiger partial charge in [-0.25, -0.2) is 5.32 Å². The van der Waals surface area contributed by atoms with Crippen LogP contribution in [0.25, 0.3) is 0 Å². The number of benzene rings is 1. The molecule has 5 atom stereocenters. The highest BCUT2D eigenvalue weighted by molar-refractivity contribution is 5.81. The Hall–Kier alpha value is -2.78. The van der Waals surface area contributed by atoms with Crippen molar-refractivity contribution in [3.63, 3.8) is 0 Å².